The second-order valence-corrected chi connectivity index (χ2v) is 10.7. The van der Waals surface area contributed by atoms with Gasteiger partial charge in [0.15, 0.2) is 0 Å². The van der Waals surface area contributed by atoms with Gasteiger partial charge in [0.25, 0.3) is 0 Å². The molecule has 6 N–H and O–H groups in total. The average molecular weight is 485 g/mol. The van der Waals surface area contributed by atoms with Crippen molar-refractivity contribution in [2.45, 2.75) is 25.0 Å². The first kappa shape index (κ1) is 23.9. The Morgan fingerprint density at radius 3 is 2.79 bits per heavy atom. The van der Waals surface area contributed by atoms with Crippen LogP contribution >= 0.6 is 0 Å². The Labute approximate surface area is 198 Å². The van der Waals surface area contributed by atoms with Gasteiger partial charge in [-0.05, 0) is 37.1 Å². The molecule has 11 heteroatoms. The van der Waals surface area contributed by atoms with Gasteiger partial charge in [-0.3, -0.25) is 0 Å². The van der Waals surface area contributed by atoms with E-state index in [2.05, 4.69) is 20.6 Å². The van der Waals surface area contributed by atoms with Gasteiger partial charge in [0.2, 0.25) is 5.95 Å². The number of rotatable bonds is 10. The van der Waals surface area contributed by atoms with Crippen molar-refractivity contribution in [2.75, 3.05) is 36.2 Å². The molecule has 1 aliphatic rings. The Balaban J connectivity index is 1.42. The third-order valence-electron chi connectivity index (χ3n) is 5.66. The second kappa shape index (κ2) is 9.92. The number of nitrogens with two attached hydrogens (primary N) is 1. The van der Waals surface area contributed by atoms with E-state index < -0.39 is 9.84 Å². The predicted molar refractivity (Wildman–Crippen MR) is 133 cm³/mol. The van der Waals surface area contributed by atoms with Crippen molar-refractivity contribution in [1.29, 1.82) is 5.41 Å². The zero-order valence-corrected chi connectivity index (χ0v) is 19.6. The Hall–Kier alpha value is -3.28. The molecule has 2 aromatic carbocycles. The van der Waals surface area contributed by atoms with Crippen LogP contribution < -0.4 is 21.1 Å². The summed E-state index contributed by atoms with van der Waals surface area (Å²) in [7, 11) is -2.97. The highest BCUT2D eigenvalue weighted by Crippen LogP contribution is 2.31. The fourth-order valence-corrected chi connectivity index (χ4v) is 4.26. The number of ether oxygens (including phenoxy) is 1. The molecular weight excluding hydrogens is 456 g/mol. The summed E-state index contributed by atoms with van der Waals surface area (Å²) in [4.78, 5) is 8.99. The van der Waals surface area contributed by atoms with E-state index >= 15 is 0 Å². The molecule has 4 rings (SSSR count). The highest BCUT2D eigenvalue weighted by Gasteiger charge is 2.31. The fourth-order valence-electron chi connectivity index (χ4n) is 3.77. The number of nitrogen functional groups attached to an aromatic ring is 1. The monoisotopic (exact) mass is 484 g/mol. The van der Waals surface area contributed by atoms with Gasteiger partial charge in [-0.15, -0.1) is 0 Å². The standard InChI is InChI=1S/C23H28N6O4S/c1-34(31,32)8-7-26-16-9-17(10-16)33-21-4-2-3-14-12-27-23(29-22(14)21)28-15-5-6-18(19(24)11-15)20(25)13-30/h2-6,11-12,16-17,25-26,30H,7-10,13,24H2,1H3,(H,27,28,29). The van der Waals surface area contributed by atoms with E-state index in [4.69, 9.17) is 21.0 Å². The normalized spacial score (nSPS) is 17.8. The van der Waals surface area contributed by atoms with Crippen molar-refractivity contribution in [2.24, 2.45) is 0 Å². The van der Waals surface area contributed by atoms with Gasteiger partial charge in [0.1, 0.15) is 27.2 Å². The van der Waals surface area contributed by atoms with Crippen LogP contribution in [-0.4, -0.2) is 66.5 Å². The summed E-state index contributed by atoms with van der Waals surface area (Å²) in [5.41, 5.74) is 8.26. The number of hydrogen-bond acceptors (Lipinski definition) is 10. The van der Waals surface area contributed by atoms with Crippen LogP contribution in [0.25, 0.3) is 10.9 Å². The molecule has 1 aromatic heterocycles. The molecule has 180 valence electrons. The molecule has 0 saturated heterocycles. The SMILES string of the molecule is CS(=O)(=O)CCNC1CC(Oc2cccc3cnc(Nc4ccc(C(=N)CO)c(N)c4)nc23)C1. The van der Waals surface area contributed by atoms with Crippen LogP contribution in [0, 0.1) is 5.41 Å². The Morgan fingerprint density at radius 1 is 1.29 bits per heavy atom. The number of anilines is 3. The minimum atomic E-state index is -2.97. The Kier molecular flexibility index (Phi) is 6.96. The van der Waals surface area contributed by atoms with Gasteiger partial charge in [-0.2, -0.15) is 0 Å². The van der Waals surface area contributed by atoms with Crippen molar-refractivity contribution >= 4 is 43.8 Å². The molecule has 0 spiro atoms. The zero-order valence-electron chi connectivity index (χ0n) is 18.8. The average Bonchev–Trinajstić information content (AvgIpc) is 2.76. The van der Waals surface area contributed by atoms with E-state index in [1.807, 2.05) is 18.2 Å². The van der Waals surface area contributed by atoms with Crippen LogP contribution in [0.15, 0.2) is 42.6 Å². The van der Waals surface area contributed by atoms with Crippen LogP contribution in [0.3, 0.4) is 0 Å². The molecule has 0 atom stereocenters. The van der Waals surface area contributed by atoms with E-state index in [0.717, 1.165) is 18.2 Å². The van der Waals surface area contributed by atoms with Gasteiger partial charge in [0, 0.05) is 47.4 Å². The molecule has 10 nitrogen and oxygen atoms in total. The first-order chi connectivity index (χ1) is 16.2. The van der Waals surface area contributed by atoms with Crippen molar-refractivity contribution in [3.8, 4) is 5.75 Å². The molecule has 0 bridgehead atoms. The van der Waals surface area contributed by atoms with Gasteiger partial charge in [-0.25, -0.2) is 18.4 Å². The van der Waals surface area contributed by atoms with Crippen molar-refractivity contribution in [1.82, 2.24) is 15.3 Å². The van der Waals surface area contributed by atoms with Gasteiger partial charge in [0.05, 0.1) is 18.1 Å². The van der Waals surface area contributed by atoms with Gasteiger partial charge >= 0.3 is 0 Å². The van der Waals surface area contributed by atoms with Crippen molar-refractivity contribution in [3.63, 3.8) is 0 Å². The molecule has 0 unspecified atom stereocenters. The molecule has 1 saturated carbocycles. The summed E-state index contributed by atoms with van der Waals surface area (Å²) in [6.45, 7) is 0.0609. The van der Waals surface area contributed by atoms with Crippen LogP contribution in [-0.2, 0) is 9.84 Å². The topological polar surface area (TPSA) is 163 Å². The number of aliphatic hydroxyl groups excluding tert-OH is 1. The van der Waals surface area contributed by atoms with Gasteiger partial charge in [-0.1, -0.05) is 12.1 Å². The summed E-state index contributed by atoms with van der Waals surface area (Å²) in [5, 5.41) is 24.1. The predicted octanol–water partition coefficient (Wildman–Crippen LogP) is 1.86. The van der Waals surface area contributed by atoms with Crippen LogP contribution in [0.2, 0.25) is 0 Å². The van der Waals surface area contributed by atoms with Crippen LogP contribution in [0.1, 0.15) is 18.4 Å². The van der Waals surface area contributed by atoms with E-state index in [-0.39, 0.29) is 30.2 Å². The lowest BCUT2D eigenvalue weighted by Crippen LogP contribution is -2.47. The van der Waals surface area contributed by atoms with E-state index in [1.54, 1.807) is 24.4 Å². The first-order valence-corrected chi connectivity index (χ1v) is 13.0. The first-order valence-electron chi connectivity index (χ1n) is 10.9. The highest BCUT2D eigenvalue weighted by atomic mass is 32.2. The summed E-state index contributed by atoms with van der Waals surface area (Å²) in [6.07, 6.45) is 4.57. The molecule has 1 fully saturated rings. The number of aliphatic hydroxyl groups is 1. The quantitative estimate of drug-likeness (QED) is 0.213. The summed E-state index contributed by atoms with van der Waals surface area (Å²) in [5.74, 6) is 1.17. The van der Waals surface area contributed by atoms with E-state index in [0.29, 0.717) is 40.7 Å². The zero-order chi connectivity index (χ0) is 24.3. The fraction of sp³-hybridized carbons (Fsp3) is 0.348. The lowest BCUT2D eigenvalue weighted by molar-refractivity contribution is 0.0873. The molecule has 1 heterocycles. The highest BCUT2D eigenvalue weighted by molar-refractivity contribution is 7.90. The van der Waals surface area contributed by atoms with E-state index in [9.17, 15) is 8.42 Å². The molecular formula is C23H28N6O4S. The maximum Gasteiger partial charge on any atom is 0.227 e. The molecule has 34 heavy (non-hydrogen) atoms. The Morgan fingerprint density at radius 2 is 2.09 bits per heavy atom. The molecule has 0 aliphatic heterocycles. The second-order valence-electron chi connectivity index (χ2n) is 8.44. The van der Waals surface area contributed by atoms with Crippen molar-refractivity contribution < 1.29 is 18.3 Å². The number of benzene rings is 2. The number of para-hydroxylation sites is 1. The maximum atomic E-state index is 11.3. The Bertz CT molecular complexity index is 1310. The number of aromatic nitrogens is 2. The minimum absolute atomic E-state index is 0.0295. The molecule has 0 radical (unpaired) electrons. The molecule has 0 amide bonds. The third kappa shape index (κ3) is 5.79. The minimum Gasteiger partial charge on any atom is -0.488 e. The number of nitrogens with zero attached hydrogens (tertiary/aromatic N) is 2. The number of fused-ring (bicyclic) bond motifs is 1. The maximum absolute atomic E-state index is 11.3. The number of nitrogens with one attached hydrogen (secondary N) is 3. The lowest BCUT2D eigenvalue weighted by atomic mass is 9.89. The van der Waals surface area contributed by atoms with E-state index in [1.165, 1.54) is 6.26 Å². The lowest BCUT2D eigenvalue weighted by Gasteiger charge is -2.36. The summed E-state index contributed by atoms with van der Waals surface area (Å²) < 4.78 is 28.7. The van der Waals surface area contributed by atoms with Crippen molar-refractivity contribution in [3.05, 3.63) is 48.2 Å². The summed E-state index contributed by atoms with van der Waals surface area (Å²) >= 11 is 0. The molecule has 3 aromatic rings. The third-order valence-corrected chi connectivity index (χ3v) is 6.60. The molecule has 1 aliphatic carbocycles. The van der Waals surface area contributed by atoms with Crippen LogP contribution in [0.5, 0.6) is 5.75 Å². The van der Waals surface area contributed by atoms with Crippen LogP contribution in [0.4, 0.5) is 17.3 Å². The summed E-state index contributed by atoms with van der Waals surface area (Å²) in [6, 6.07) is 11.0. The van der Waals surface area contributed by atoms with Gasteiger partial charge < -0.3 is 31.6 Å². The smallest absolute Gasteiger partial charge is 0.227 e. The largest absolute Gasteiger partial charge is 0.488 e. The number of sulfone groups is 1. The number of hydrogen-bond donors (Lipinski definition) is 5.